The fourth-order valence-corrected chi connectivity index (χ4v) is 6.96. The van der Waals surface area contributed by atoms with E-state index in [2.05, 4.69) is 96.0 Å². The number of pyridine rings is 1. The average molecular weight is 642 g/mol. The molecular formula is C45H27N3O2. The zero-order valence-corrected chi connectivity index (χ0v) is 26.7. The monoisotopic (exact) mass is 641 g/mol. The minimum absolute atomic E-state index is 0.647. The van der Waals surface area contributed by atoms with Crippen LogP contribution in [0.1, 0.15) is 0 Å². The van der Waals surface area contributed by atoms with Gasteiger partial charge >= 0.3 is 0 Å². The van der Waals surface area contributed by atoms with E-state index >= 15 is 0 Å². The lowest BCUT2D eigenvalue weighted by atomic mass is 9.95. The summed E-state index contributed by atoms with van der Waals surface area (Å²) >= 11 is 0. The van der Waals surface area contributed by atoms with E-state index in [1.54, 1.807) is 0 Å². The summed E-state index contributed by atoms with van der Waals surface area (Å²) in [6.07, 6.45) is 1.81. The summed E-state index contributed by atoms with van der Waals surface area (Å²) in [5.74, 6) is 0.647. The maximum absolute atomic E-state index is 6.68. The number of hydrogen-bond acceptors (Lipinski definition) is 5. The van der Waals surface area contributed by atoms with E-state index in [4.69, 9.17) is 18.8 Å². The molecule has 0 aliphatic carbocycles. The van der Waals surface area contributed by atoms with Gasteiger partial charge < -0.3 is 8.83 Å². The minimum atomic E-state index is 0.647. The van der Waals surface area contributed by atoms with Crippen LogP contribution in [-0.2, 0) is 0 Å². The number of para-hydroxylation sites is 2. The highest BCUT2D eigenvalue weighted by Crippen LogP contribution is 2.43. The third kappa shape index (κ3) is 4.67. The van der Waals surface area contributed by atoms with E-state index in [9.17, 15) is 0 Å². The van der Waals surface area contributed by atoms with E-state index < -0.39 is 0 Å². The highest BCUT2D eigenvalue weighted by Gasteiger charge is 2.20. The van der Waals surface area contributed by atoms with Crippen molar-refractivity contribution in [2.45, 2.75) is 0 Å². The van der Waals surface area contributed by atoms with Crippen molar-refractivity contribution in [2.75, 3.05) is 0 Å². The van der Waals surface area contributed by atoms with Gasteiger partial charge in [0.15, 0.2) is 5.82 Å². The molecule has 4 aromatic heterocycles. The molecule has 6 aromatic carbocycles. The van der Waals surface area contributed by atoms with Crippen molar-refractivity contribution in [2.24, 2.45) is 0 Å². The largest absolute Gasteiger partial charge is 0.456 e. The van der Waals surface area contributed by atoms with Crippen LogP contribution >= 0.6 is 0 Å². The minimum Gasteiger partial charge on any atom is -0.456 e. The van der Waals surface area contributed by atoms with Crippen molar-refractivity contribution in [3.8, 4) is 56.3 Å². The first-order valence-electron chi connectivity index (χ1n) is 16.6. The van der Waals surface area contributed by atoms with Crippen molar-refractivity contribution in [1.29, 1.82) is 0 Å². The zero-order chi connectivity index (χ0) is 33.0. The predicted octanol–water partition coefficient (Wildman–Crippen LogP) is 12.0. The fourth-order valence-electron chi connectivity index (χ4n) is 6.96. The van der Waals surface area contributed by atoms with Crippen LogP contribution in [0.15, 0.2) is 173 Å². The van der Waals surface area contributed by atoms with Crippen LogP contribution in [0.25, 0.3) is 100 Å². The van der Waals surface area contributed by atoms with Gasteiger partial charge in [-0.05, 0) is 54.1 Å². The van der Waals surface area contributed by atoms with Crippen molar-refractivity contribution < 1.29 is 8.83 Å². The molecular weight excluding hydrogens is 615 g/mol. The molecule has 4 heterocycles. The van der Waals surface area contributed by atoms with Crippen molar-refractivity contribution in [3.05, 3.63) is 164 Å². The number of rotatable bonds is 5. The Kier molecular flexibility index (Phi) is 6.42. The molecule has 0 fully saturated rings. The number of nitrogens with zero attached hydrogens (tertiary/aromatic N) is 3. The van der Waals surface area contributed by atoms with Gasteiger partial charge in [-0.2, -0.15) is 0 Å². The number of hydrogen-bond donors (Lipinski definition) is 0. The topological polar surface area (TPSA) is 65.0 Å². The standard InChI is InChI=1S/C45H27N3O2/c1-2-10-28(11-3-1)38-27-39(48-45(47-38)30-19-17-29(18-20-30)37-14-8-9-25-46-37)35-24-23-32(44-43(35)36-13-5-7-16-41(36)50-44)31-21-22-34-33-12-4-6-15-40(33)49-42(34)26-31/h1-27H. The van der Waals surface area contributed by atoms with E-state index in [1.165, 1.54) is 0 Å². The van der Waals surface area contributed by atoms with E-state index in [0.29, 0.717) is 5.82 Å². The Hall–Kier alpha value is -6.85. The first-order chi connectivity index (χ1) is 24.8. The first-order valence-corrected chi connectivity index (χ1v) is 16.6. The molecule has 5 heteroatoms. The Morgan fingerprint density at radius 2 is 1.02 bits per heavy atom. The molecule has 0 spiro atoms. The molecule has 5 nitrogen and oxygen atoms in total. The van der Waals surface area contributed by atoms with Gasteiger partial charge in [0.1, 0.15) is 22.3 Å². The maximum Gasteiger partial charge on any atom is 0.160 e. The van der Waals surface area contributed by atoms with Gasteiger partial charge in [-0.3, -0.25) is 4.98 Å². The van der Waals surface area contributed by atoms with Crippen molar-refractivity contribution >= 4 is 43.9 Å². The molecule has 0 aliphatic heterocycles. The van der Waals surface area contributed by atoms with Crippen LogP contribution in [0.2, 0.25) is 0 Å². The highest BCUT2D eigenvalue weighted by atomic mass is 16.3. The van der Waals surface area contributed by atoms with Crippen molar-refractivity contribution in [3.63, 3.8) is 0 Å². The molecule has 0 atom stereocenters. The maximum atomic E-state index is 6.68. The number of aromatic nitrogens is 3. The third-order valence-electron chi connectivity index (χ3n) is 9.39. The molecule has 50 heavy (non-hydrogen) atoms. The van der Waals surface area contributed by atoms with Crippen LogP contribution in [0.4, 0.5) is 0 Å². The summed E-state index contributed by atoms with van der Waals surface area (Å²) in [7, 11) is 0. The van der Waals surface area contributed by atoms with Gasteiger partial charge in [-0.15, -0.1) is 0 Å². The number of benzene rings is 6. The summed E-state index contributed by atoms with van der Waals surface area (Å²) in [6.45, 7) is 0. The van der Waals surface area contributed by atoms with Gasteiger partial charge in [0.2, 0.25) is 0 Å². The average Bonchev–Trinajstić information content (AvgIpc) is 3.77. The second kappa shape index (κ2) is 11.4. The molecule has 0 unspecified atom stereocenters. The molecule has 234 valence electrons. The first kappa shape index (κ1) is 28.2. The Labute approximate surface area is 287 Å². The van der Waals surface area contributed by atoms with Gasteiger partial charge in [0.05, 0.1) is 17.1 Å². The third-order valence-corrected chi connectivity index (χ3v) is 9.39. The summed E-state index contributed by atoms with van der Waals surface area (Å²) in [6, 6.07) is 53.6. The molecule has 0 bridgehead atoms. The lowest BCUT2D eigenvalue weighted by Crippen LogP contribution is -1.96. The number of fused-ring (bicyclic) bond motifs is 6. The summed E-state index contributed by atoms with van der Waals surface area (Å²) in [5, 5.41) is 4.25. The van der Waals surface area contributed by atoms with Gasteiger partial charge in [0, 0.05) is 55.6 Å². The fraction of sp³-hybridized carbons (Fsp3) is 0. The van der Waals surface area contributed by atoms with E-state index in [1.807, 2.05) is 72.9 Å². The Bertz CT molecular complexity index is 2850. The molecule has 10 aromatic rings. The van der Waals surface area contributed by atoms with Gasteiger partial charge in [-0.1, -0.05) is 109 Å². The summed E-state index contributed by atoms with van der Waals surface area (Å²) < 4.78 is 12.9. The van der Waals surface area contributed by atoms with E-state index in [0.717, 1.165) is 94.3 Å². The van der Waals surface area contributed by atoms with Crippen LogP contribution in [0, 0.1) is 0 Å². The van der Waals surface area contributed by atoms with Crippen LogP contribution < -0.4 is 0 Å². The Balaban J connectivity index is 1.17. The molecule has 0 saturated heterocycles. The Morgan fingerprint density at radius 3 is 1.84 bits per heavy atom. The molecule has 0 saturated carbocycles. The summed E-state index contributed by atoms with van der Waals surface area (Å²) in [4.78, 5) is 14.8. The van der Waals surface area contributed by atoms with Crippen LogP contribution in [-0.4, -0.2) is 15.0 Å². The molecule has 0 N–H and O–H groups in total. The lowest BCUT2D eigenvalue weighted by molar-refractivity contribution is 0.668. The smallest absolute Gasteiger partial charge is 0.160 e. The lowest BCUT2D eigenvalue weighted by Gasteiger charge is -2.12. The van der Waals surface area contributed by atoms with Crippen LogP contribution in [0.3, 0.4) is 0 Å². The summed E-state index contributed by atoms with van der Waals surface area (Å²) in [5.41, 5.74) is 11.9. The second-order valence-corrected chi connectivity index (χ2v) is 12.4. The number of furan rings is 2. The Morgan fingerprint density at radius 1 is 0.380 bits per heavy atom. The quantitative estimate of drug-likeness (QED) is 0.187. The highest BCUT2D eigenvalue weighted by molar-refractivity contribution is 6.16. The predicted molar refractivity (Wildman–Crippen MR) is 202 cm³/mol. The van der Waals surface area contributed by atoms with Crippen LogP contribution in [0.5, 0.6) is 0 Å². The normalized spacial score (nSPS) is 11.6. The molecule has 0 radical (unpaired) electrons. The second-order valence-electron chi connectivity index (χ2n) is 12.4. The van der Waals surface area contributed by atoms with Gasteiger partial charge in [-0.25, -0.2) is 9.97 Å². The van der Waals surface area contributed by atoms with Gasteiger partial charge in [0.25, 0.3) is 0 Å². The SMILES string of the molecule is c1ccc(-c2cc(-c3ccc(-c4ccc5c(c4)oc4ccccc45)c4oc5ccccc5c34)nc(-c3ccc(-c4ccccn4)cc3)n2)cc1. The van der Waals surface area contributed by atoms with E-state index in [-0.39, 0.29) is 0 Å². The van der Waals surface area contributed by atoms with Crippen molar-refractivity contribution in [1.82, 2.24) is 15.0 Å². The molecule has 10 rings (SSSR count). The molecule has 0 aliphatic rings. The molecule has 0 amide bonds. The zero-order valence-electron chi connectivity index (χ0n) is 26.7.